The summed E-state index contributed by atoms with van der Waals surface area (Å²) in [5.41, 5.74) is 4.90. The van der Waals surface area contributed by atoms with Crippen LogP contribution in [0, 0.1) is 19.8 Å². The van der Waals surface area contributed by atoms with E-state index >= 15 is 0 Å². The highest BCUT2D eigenvalue weighted by Crippen LogP contribution is 2.31. The lowest BCUT2D eigenvalue weighted by molar-refractivity contribution is -0.125. The van der Waals surface area contributed by atoms with Gasteiger partial charge in [-0.3, -0.25) is 4.79 Å². The predicted molar refractivity (Wildman–Crippen MR) is 141 cm³/mol. The zero-order valence-electron chi connectivity index (χ0n) is 21.1. The van der Waals surface area contributed by atoms with Gasteiger partial charge in [0.15, 0.2) is 5.82 Å². The molecule has 0 spiro atoms. The van der Waals surface area contributed by atoms with Crippen molar-refractivity contribution in [3.63, 3.8) is 0 Å². The molecule has 1 aliphatic heterocycles. The van der Waals surface area contributed by atoms with Gasteiger partial charge in [-0.2, -0.15) is 10.2 Å². The van der Waals surface area contributed by atoms with Crippen molar-refractivity contribution in [3.8, 4) is 11.4 Å². The van der Waals surface area contributed by atoms with Gasteiger partial charge in [0.1, 0.15) is 11.3 Å². The fraction of sp³-hybridized carbons (Fsp3) is 0.357. The highest BCUT2D eigenvalue weighted by atomic mass is 16.5. The molecule has 0 aliphatic carbocycles. The first kappa shape index (κ1) is 23.8. The Hall–Kier alpha value is -3.94. The van der Waals surface area contributed by atoms with Crippen LogP contribution in [0.25, 0.3) is 16.6 Å². The molecule has 1 fully saturated rings. The largest absolute Gasteiger partial charge is 0.496 e. The van der Waals surface area contributed by atoms with Crippen molar-refractivity contribution in [2.24, 2.45) is 5.92 Å². The van der Waals surface area contributed by atoms with Crippen molar-refractivity contribution in [2.75, 3.05) is 31.6 Å². The lowest BCUT2D eigenvalue weighted by Gasteiger charge is -2.32. The minimum Gasteiger partial charge on any atom is -0.496 e. The number of benzene rings is 2. The van der Waals surface area contributed by atoms with Crippen LogP contribution < -0.4 is 15.0 Å². The number of nitrogens with one attached hydrogen (secondary N) is 1. The van der Waals surface area contributed by atoms with Gasteiger partial charge in [0.25, 0.3) is 0 Å². The SMILES string of the molecule is COc1ccccc1CCNC(=O)C1CCN(c2nnc(C)c3c(C)n(-c4ccccc4)nc23)CC1. The van der Waals surface area contributed by atoms with E-state index in [1.54, 1.807) is 7.11 Å². The number of anilines is 1. The summed E-state index contributed by atoms with van der Waals surface area (Å²) >= 11 is 0. The Morgan fingerprint density at radius 1 is 1.03 bits per heavy atom. The van der Waals surface area contributed by atoms with Crippen LogP contribution in [-0.4, -0.2) is 52.6 Å². The molecule has 2 aromatic carbocycles. The number of methoxy groups -OCH3 is 1. The number of carbonyl (C=O) groups is 1. The summed E-state index contributed by atoms with van der Waals surface area (Å²) in [7, 11) is 1.67. The van der Waals surface area contributed by atoms with Crippen molar-refractivity contribution in [3.05, 3.63) is 71.5 Å². The van der Waals surface area contributed by atoms with Crippen molar-refractivity contribution in [2.45, 2.75) is 33.1 Å². The van der Waals surface area contributed by atoms with Gasteiger partial charge in [0.05, 0.1) is 29.6 Å². The van der Waals surface area contributed by atoms with Gasteiger partial charge in [0.2, 0.25) is 5.91 Å². The smallest absolute Gasteiger partial charge is 0.223 e. The molecule has 4 aromatic rings. The second-order valence-corrected chi connectivity index (χ2v) is 9.28. The lowest BCUT2D eigenvalue weighted by Crippen LogP contribution is -2.41. The number of para-hydroxylation sites is 2. The number of amides is 1. The first-order chi connectivity index (χ1) is 17.6. The first-order valence-corrected chi connectivity index (χ1v) is 12.5. The average molecular weight is 485 g/mol. The molecule has 5 rings (SSSR count). The summed E-state index contributed by atoms with van der Waals surface area (Å²) in [6.07, 6.45) is 2.29. The number of aromatic nitrogens is 4. The average Bonchev–Trinajstić information content (AvgIpc) is 3.27. The van der Waals surface area contributed by atoms with Gasteiger partial charge in [-0.05, 0) is 56.9 Å². The molecule has 186 valence electrons. The molecule has 0 unspecified atom stereocenters. The van der Waals surface area contributed by atoms with Gasteiger partial charge >= 0.3 is 0 Å². The molecule has 8 nitrogen and oxygen atoms in total. The van der Waals surface area contributed by atoms with Crippen molar-refractivity contribution >= 4 is 22.6 Å². The third kappa shape index (κ3) is 4.63. The predicted octanol–water partition coefficient (Wildman–Crippen LogP) is 4.02. The summed E-state index contributed by atoms with van der Waals surface area (Å²) in [5.74, 6) is 1.77. The molecule has 0 saturated carbocycles. The van der Waals surface area contributed by atoms with Crippen LogP contribution in [0.5, 0.6) is 5.75 Å². The van der Waals surface area contributed by atoms with Crippen molar-refractivity contribution in [1.29, 1.82) is 0 Å². The minimum absolute atomic E-state index is 0.00331. The fourth-order valence-corrected chi connectivity index (χ4v) is 5.07. The van der Waals surface area contributed by atoms with E-state index in [1.165, 1.54) is 0 Å². The quantitative estimate of drug-likeness (QED) is 0.427. The van der Waals surface area contributed by atoms with E-state index < -0.39 is 0 Å². The molecule has 0 bridgehead atoms. The molecular formula is C28H32N6O2. The minimum atomic E-state index is -0.00331. The Morgan fingerprint density at radius 2 is 1.75 bits per heavy atom. The summed E-state index contributed by atoms with van der Waals surface area (Å²) < 4.78 is 7.37. The number of piperidine rings is 1. The molecule has 8 heteroatoms. The van der Waals surface area contributed by atoms with Crippen LogP contribution in [0.4, 0.5) is 5.82 Å². The maximum atomic E-state index is 12.8. The van der Waals surface area contributed by atoms with Gasteiger partial charge < -0.3 is 15.0 Å². The highest BCUT2D eigenvalue weighted by molar-refractivity contribution is 5.92. The molecular weight excluding hydrogens is 452 g/mol. The third-order valence-electron chi connectivity index (χ3n) is 7.04. The number of ether oxygens (including phenoxy) is 1. The second kappa shape index (κ2) is 10.4. The van der Waals surface area contributed by atoms with E-state index in [0.29, 0.717) is 6.54 Å². The Kier molecular flexibility index (Phi) is 6.84. The van der Waals surface area contributed by atoms with E-state index in [4.69, 9.17) is 9.84 Å². The molecule has 1 amide bonds. The Balaban J connectivity index is 1.25. The number of aryl methyl sites for hydroxylation is 2. The monoisotopic (exact) mass is 484 g/mol. The Bertz CT molecular complexity index is 1360. The number of fused-ring (bicyclic) bond motifs is 1. The molecule has 3 heterocycles. The molecule has 0 atom stereocenters. The summed E-state index contributed by atoms with van der Waals surface area (Å²) in [6.45, 7) is 6.14. The molecule has 1 saturated heterocycles. The summed E-state index contributed by atoms with van der Waals surface area (Å²) in [6, 6.07) is 18.0. The molecule has 36 heavy (non-hydrogen) atoms. The first-order valence-electron chi connectivity index (χ1n) is 12.5. The van der Waals surface area contributed by atoms with Gasteiger partial charge in [-0.1, -0.05) is 36.4 Å². The number of nitrogens with zero attached hydrogens (tertiary/aromatic N) is 5. The topological polar surface area (TPSA) is 85.2 Å². The third-order valence-corrected chi connectivity index (χ3v) is 7.04. The maximum absolute atomic E-state index is 12.8. The zero-order chi connectivity index (χ0) is 25.1. The van der Waals surface area contributed by atoms with E-state index in [9.17, 15) is 4.79 Å². The normalized spacial score (nSPS) is 14.2. The van der Waals surface area contributed by atoms with Crippen molar-refractivity contribution in [1.82, 2.24) is 25.3 Å². The van der Waals surface area contributed by atoms with E-state index in [2.05, 4.69) is 27.3 Å². The van der Waals surface area contributed by atoms with Crippen LogP contribution in [-0.2, 0) is 11.2 Å². The van der Waals surface area contributed by atoms with Crippen LogP contribution in [0.1, 0.15) is 29.8 Å². The molecule has 2 aromatic heterocycles. The van der Waals surface area contributed by atoms with E-state index in [1.807, 2.05) is 66.2 Å². The Labute approximate surface area is 211 Å². The number of hydrogen-bond acceptors (Lipinski definition) is 6. The number of hydrogen-bond donors (Lipinski definition) is 1. The molecule has 1 N–H and O–H groups in total. The van der Waals surface area contributed by atoms with Crippen LogP contribution in [0.2, 0.25) is 0 Å². The van der Waals surface area contributed by atoms with Crippen LogP contribution in [0.15, 0.2) is 54.6 Å². The van der Waals surface area contributed by atoms with Gasteiger partial charge in [-0.25, -0.2) is 4.68 Å². The highest BCUT2D eigenvalue weighted by Gasteiger charge is 2.28. The fourth-order valence-electron chi connectivity index (χ4n) is 5.07. The maximum Gasteiger partial charge on any atom is 0.223 e. The van der Waals surface area contributed by atoms with Crippen molar-refractivity contribution < 1.29 is 9.53 Å². The summed E-state index contributed by atoms with van der Waals surface area (Å²) in [4.78, 5) is 15.1. The van der Waals surface area contributed by atoms with E-state index in [-0.39, 0.29) is 11.8 Å². The van der Waals surface area contributed by atoms with Crippen LogP contribution >= 0.6 is 0 Å². The summed E-state index contributed by atoms with van der Waals surface area (Å²) in [5, 5.41) is 18.1. The molecule has 0 radical (unpaired) electrons. The standard InChI is InChI=1S/C28H32N6O2/c1-19-25-20(2)34(23-10-5-4-6-11-23)32-26(25)27(31-30-19)33-17-14-22(15-18-33)28(35)29-16-13-21-9-7-8-12-24(21)36-3/h4-12,22H,13-18H2,1-3H3,(H,29,35). The van der Waals surface area contributed by atoms with Crippen LogP contribution in [0.3, 0.4) is 0 Å². The number of carbonyl (C=O) groups excluding carboxylic acids is 1. The second-order valence-electron chi connectivity index (χ2n) is 9.28. The van der Waals surface area contributed by atoms with Gasteiger partial charge in [0, 0.05) is 25.6 Å². The Morgan fingerprint density at radius 3 is 2.50 bits per heavy atom. The zero-order valence-corrected chi connectivity index (χ0v) is 21.1. The number of rotatable bonds is 7. The molecule has 1 aliphatic rings. The van der Waals surface area contributed by atoms with Gasteiger partial charge in [-0.15, -0.1) is 5.10 Å². The lowest BCUT2D eigenvalue weighted by atomic mass is 9.95. The van der Waals surface area contributed by atoms with E-state index in [0.717, 1.165) is 77.5 Å².